The highest BCUT2D eigenvalue weighted by Crippen LogP contribution is 2.37. The molecule has 2 rings (SSSR count). The summed E-state index contributed by atoms with van der Waals surface area (Å²) >= 11 is 0. The fourth-order valence-corrected chi connectivity index (χ4v) is 3.24. The van der Waals surface area contributed by atoms with Gasteiger partial charge in [0.2, 0.25) is 5.91 Å². The van der Waals surface area contributed by atoms with E-state index in [4.69, 9.17) is 0 Å². The van der Waals surface area contributed by atoms with Gasteiger partial charge in [-0.05, 0) is 37.5 Å². The largest absolute Gasteiger partial charge is 0.356 e. The van der Waals surface area contributed by atoms with Crippen LogP contribution in [0.1, 0.15) is 51.9 Å². The van der Waals surface area contributed by atoms with E-state index in [1.54, 1.807) is 0 Å². The van der Waals surface area contributed by atoms with E-state index in [1.807, 2.05) is 0 Å². The quantitative estimate of drug-likeness (QED) is 0.744. The molecule has 0 spiro atoms. The summed E-state index contributed by atoms with van der Waals surface area (Å²) in [6, 6.07) is 0. The van der Waals surface area contributed by atoms with Gasteiger partial charge >= 0.3 is 0 Å². The zero-order chi connectivity index (χ0) is 10.7. The lowest BCUT2D eigenvalue weighted by atomic mass is 9.73. The molecule has 1 amide bonds. The summed E-state index contributed by atoms with van der Waals surface area (Å²) in [5.41, 5.74) is 0. The number of carbonyl (C=O) groups excluding carboxylic acids is 1. The van der Waals surface area contributed by atoms with Crippen LogP contribution in [-0.2, 0) is 4.79 Å². The first-order chi connectivity index (χ1) is 7.31. The van der Waals surface area contributed by atoms with E-state index >= 15 is 0 Å². The summed E-state index contributed by atoms with van der Waals surface area (Å²) in [5.74, 6) is 2.30. The Balaban J connectivity index is 1.86. The maximum absolute atomic E-state index is 11.7. The van der Waals surface area contributed by atoms with Crippen LogP contribution in [0.5, 0.6) is 0 Å². The molecule has 1 heterocycles. The third-order valence-corrected chi connectivity index (χ3v) is 4.37. The molecule has 1 saturated heterocycles. The second kappa shape index (κ2) is 5.00. The predicted octanol–water partition coefficient (Wildman–Crippen LogP) is 2.73. The van der Waals surface area contributed by atoms with Crippen molar-refractivity contribution < 1.29 is 4.79 Å². The summed E-state index contributed by atoms with van der Waals surface area (Å²) in [7, 11) is 0. The monoisotopic (exact) mass is 209 g/mol. The number of rotatable bonds is 2. The molecule has 0 aromatic carbocycles. The van der Waals surface area contributed by atoms with Crippen molar-refractivity contribution in [3.05, 3.63) is 0 Å². The van der Waals surface area contributed by atoms with Crippen LogP contribution < -0.4 is 5.32 Å². The molecule has 2 aliphatic rings. The van der Waals surface area contributed by atoms with Gasteiger partial charge in [-0.3, -0.25) is 4.79 Å². The number of amides is 1. The average Bonchev–Trinajstić information content (AvgIpc) is 2.30. The molecule has 0 aromatic rings. The summed E-state index contributed by atoms with van der Waals surface area (Å²) in [4.78, 5) is 11.7. The van der Waals surface area contributed by atoms with Crippen molar-refractivity contribution in [2.45, 2.75) is 51.9 Å². The molecule has 2 nitrogen and oxygen atoms in total. The summed E-state index contributed by atoms with van der Waals surface area (Å²) in [6.07, 6.45) is 8.92. The number of hydrogen-bond acceptors (Lipinski definition) is 1. The maximum Gasteiger partial charge on any atom is 0.223 e. The Labute approximate surface area is 92.8 Å². The molecule has 1 saturated carbocycles. The highest BCUT2D eigenvalue weighted by Gasteiger charge is 2.32. The number of piperidine rings is 1. The fraction of sp³-hybridized carbons (Fsp3) is 0.923. The third kappa shape index (κ3) is 2.53. The molecule has 0 radical (unpaired) electrons. The van der Waals surface area contributed by atoms with Crippen LogP contribution in [0.15, 0.2) is 0 Å². The lowest BCUT2D eigenvalue weighted by molar-refractivity contribution is -0.129. The van der Waals surface area contributed by atoms with Gasteiger partial charge in [0.05, 0.1) is 0 Å². The van der Waals surface area contributed by atoms with E-state index in [0.29, 0.717) is 17.7 Å². The third-order valence-electron chi connectivity index (χ3n) is 4.37. The molecular formula is C13H23NO. The number of hydrogen-bond donors (Lipinski definition) is 1. The van der Waals surface area contributed by atoms with Gasteiger partial charge in [0, 0.05) is 12.5 Å². The Bertz CT molecular complexity index is 219. The topological polar surface area (TPSA) is 29.1 Å². The zero-order valence-electron chi connectivity index (χ0n) is 9.80. The Morgan fingerprint density at radius 2 is 1.93 bits per heavy atom. The molecular weight excluding hydrogens is 186 g/mol. The molecule has 1 atom stereocenters. The van der Waals surface area contributed by atoms with Crippen LogP contribution in [0.2, 0.25) is 0 Å². The minimum Gasteiger partial charge on any atom is -0.356 e. The summed E-state index contributed by atoms with van der Waals surface area (Å²) < 4.78 is 0. The van der Waals surface area contributed by atoms with Crippen molar-refractivity contribution in [3.63, 3.8) is 0 Å². The highest BCUT2D eigenvalue weighted by molar-refractivity contribution is 5.79. The molecule has 1 N–H and O–H groups in total. The van der Waals surface area contributed by atoms with E-state index in [0.717, 1.165) is 18.9 Å². The van der Waals surface area contributed by atoms with Crippen LogP contribution in [-0.4, -0.2) is 12.5 Å². The zero-order valence-corrected chi connectivity index (χ0v) is 9.80. The first-order valence-corrected chi connectivity index (χ1v) is 6.59. The number of nitrogens with one attached hydrogen (secondary N) is 1. The van der Waals surface area contributed by atoms with Crippen molar-refractivity contribution in [3.8, 4) is 0 Å². The van der Waals surface area contributed by atoms with Gasteiger partial charge in [-0.1, -0.05) is 26.2 Å². The minimum atomic E-state index is 0.334. The molecule has 15 heavy (non-hydrogen) atoms. The normalized spacial score (nSPS) is 37.4. The SMILES string of the molecule is CCC1CCC(C2CCCNC2=O)CC1. The van der Waals surface area contributed by atoms with Gasteiger partial charge in [0.25, 0.3) is 0 Å². The van der Waals surface area contributed by atoms with Gasteiger partial charge in [-0.15, -0.1) is 0 Å². The molecule has 1 aliphatic heterocycles. The van der Waals surface area contributed by atoms with Crippen LogP contribution in [0.3, 0.4) is 0 Å². The van der Waals surface area contributed by atoms with Crippen LogP contribution >= 0.6 is 0 Å². The summed E-state index contributed by atoms with van der Waals surface area (Å²) in [6.45, 7) is 3.19. The molecule has 1 unspecified atom stereocenters. The maximum atomic E-state index is 11.7. The molecule has 2 heteroatoms. The first kappa shape index (κ1) is 11.0. The first-order valence-electron chi connectivity index (χ1n) is 6.59. The van der Waals surface area contributed by atoms with Crippen LogP contribution in [0, 0.1) is 17.8 Å². The van der Waals surface area contributed by atoms with E-state index < -0.39 is 0 Å². The van der Waals surface area contributed by atoms with E-state index in [1.165, 1.54) is 38.5 Å². The van der Waals surface area contributed by atoms with Crippen molar-refractivity contribution in [1.82, 2.24) is 5.32 Å². The lowest BCUT2D eigenvalue weighted by Gasteiger charge is -2.34. The highest BCUT2D eigenvalue weighted by atomic mass is 16.1. The Morgan fingerprint density at radius 1 is 1.20 bits per heavy atom. The van der Waals surface area contributed by atoms with Gasteiger partial charge in [-0.2, -0.15) is 0 Å². The van der Waals surface area contributed by atoms with E-state index in [2.05, 4.69) is 12.2 Å². The molecule has 2 fully saturated rings. The predicted molar refractivity (Wildman–Crippen MR) is 61.5 cm³/mol. The second-order valence-corrected chi connectivity index (χ2v) is 5.23. The average molecular weight is 209 g/mol. The molecule has 0 bridgehead atoms. The second-order valence-electron chi connectivity index (χ2n) is 5.23. The van der Waals surface area contributed by atoms with Crippen molar-refractivity contribution >= 4 is 5.91 Å². The van der Waals surface area contributed by atoms with Gasteiger partial charge in [0.15, 0.2) is 0 Å². The van der Waals surface area contributed by atoms with Crippen LogP contribution in [0.4, 0.5) is 0 Å². The Hall–Kier alpha value is -0.530. The Morgan fingerprint density at radius 3 is 2.53 bits per heavy atom. The molecule has 86 valence electrons. The van der Waals surface area contributed by atoms with Gasteiger partial charge in [0.1, 0.15) is 0 Å². The van der Waals surface area contributed by atoms with Gasteiger partial charge in [-0.25, -0.2) is 0 Å². The minimum absolute atomic E-state index is 0.334. The van der Waals surface area contributed by atoms with Crippen molar-refractivity contribution in [2.24, 2.45) is 17.8 Å². The fourth-order valence-electron chi connectivity index (χ4n) is 3.24. The smallest absolute Gasteiger partial charge is 0.223 e. The standard InChI is InChI=1S/C13H23NO/c1-2-10-5-7-11(8-6-10)12-4-3-9-14-13(12)15/h10-12H,2-9H2,1H3,(H,14,15). The Kier molecular flexibility index (Phi) is 3.66. The molecule has 0 aromatic heterocycles. The lowest BCUT2D eigenvalue weighted by Crippen LogP contribution is -2.41. The van der Waals surface area contributed by atoms with Crippen LogP contribution in [0.25, 0.3) is 0 Å². The number of carbonyl (C=O) groups is 1. The van der Waals surface area contributed by atoms with E-state index in [9.17, 15) is 4.79 Å². The molecule has 1 aliphatic carbocycles. The van der Waals surface area contributed by atoms with E-state index in [-0.39, 0.29) is 0 Å². The van der Waals surface area contributed by atoms with Crippen molar-refractivity contribution in [1.29, 1.82) is 0 Å². The summed E-state index contributed by atoms with van der Waals surface area (Å²) in [5, 5.41) is 3.02. The van der Waals surface area contributed by atoms with Gasteiger partial charge < -0.3 is 5.32 Å². The van der Waals surface area contributed by atoms with Crippen molar-refractivity contribution in [2.75, 3.05) is 6.54 Å².